The van der Waals surface area contributed by atoms with Crippen LogP contribution >= 0.6 is 11.6 Å². The molecule has 1 saturated heterocycles. The summed E-state index contributed by atoms with van der Waals surface area (Å²) in [6.07, 6.45) is 3.27. The van der Waals surface area contributed by atoms with Crippen molar-refractivity contribution in [1.82, 2.24) is 0 Å². The third kappa shape index (κ3) is 1.77. The van der Waals surface area contributed by atoms with E-state index in [0.29, 0.717) is 10.6 Å². The van der Waals surface area contributed by atoms with Crippen LogP contribution in [0.4, 0.5) is 5.69 Å². The van der Waals surface area contributed by atoms with Gasteiger partial charge in [-0.15, -0.1) is 0 Å². The van der Waals surface area contributed by atoms with Crippen molar-refractivity contribution in [3.63, 3.8) is 0 Å². The number of rotatable bonds is 2. The number of halogens is 1. The molecule has 3 rings (SSSR count). The van der Waals surface area contributed by atoms with E-state index in [9.17, 15) is 4.79 Å². The van der Waals surface area contributed by atoms with E-state index in [0.717, 1.165) is 35.8 Å². The minimum Gasteiger partial charge on any atom is -0.371 e. The van der Waals surface area contributed by atoms with Crippen molar-refractivity contribution in [2.75, 3.05) is 18.0 Å². The molecule has 1 aliphatic heterocycles. The quantitative estimate of drug-likeness (QED) is 0.763. The van der Waals surface area contributed by atoms with E-state index in [1.54, 1.807) is 0 Å². The predicted octanol–water partition coefficient (Wildman–Crippen LogP) is 3.91. The number of aldehydes is 1. The minimum absolute atomic E-state index is 0.559. The number of hydrogen-bond acceptors (Lipinski definition) is 2. The van der Waals surface area contributed by atoms with Gasteiger partial charge in [-0.1, -0.05) is 35.9 Å². The predicted molar refractivity (Wildman–Crippen MR) is 75.8 cm³/mol. The van der Waals surface area contributed by atoms with Crippen LogP contribution in [0.3, 0.4) is 0 Å². The minimum atomic E-state index is 0.559. The molecule has 18 heavy (non-hydrogen) atoms. The highest BCUT2D eigenvalue weighted by Crippen LogP contribution is 2.35. The third-order valence-corrected chi connectivity index (χ3v) is 3.98. The largest absolute Gasteiger partial charge is 0.371 e. The zero-order valence-corrected chi connectivity index (χ0v) is 10.8. The molecule has 2 nitrogen and oxygen atoms in total. The molecule has 0 bridgehead atoms. The SMILES string of the molecule is O=Cc1cc(N2CCCC2)c2ccccc2c1Cl. The molecule has 0 amide bonds. The van der Waals surface area contributed by atoms with Crippen molar-refractivity contribution >= 4 is 34.3 Å². The fourth-order valence-electron chi connectivity index (χ4n) is 2.65. The van der Waals surface area contributed by atoms with Crippen LogP contribution in [0.15, 0.2) is 30.3 Å². The molecule has 0 radical (unpaired) electrons. The highest BCUT2D eigenvalue weighted by molar-refractivity contribution is 6.38. The highest BCUT2D eigenvalue weighted by atomic mass is 35.5. The lowest BCUT2D eigenvalue weighted by Gasteiger charge is -2.21. The van der Waals surface area contributed by atoms with Gasteiger partial charge in [-0.3, -0.25) is 4.79 Å². The number of carbonyl (C=O) groups is 1. The zero-order chi connectivity index (χ0) is 12.5. The number of benzene rings is 2. The van der Waals surface area contributed by atoms with Gasteiger partial charge in [0.1, 0.15) is 0 Å². The average molecular weight is 260 g/mol. The molecule has 1 aliphatic rings. The summed E-state index contributed by atoms with van der Waals surface area (Å²) >= 11 is 6.27. The van der Waals surface area contributed by atoms with E-state index in [2.05, 4.69) is 11.0 Å². The Balaban J connectivity index is 2.29. The van der Waals surface area contributed by atoms with Gasteiger partial charge in [0.2, 0.25) is 0 Å². The Kier molecular flexibility index (Phi) is 2.96. The van der Waals surface area contributed by atoms with E-state index >= 15 is 0 Å². The molecule has 0 spiro atoms. The van der Waals surface area contributed by atoms with Gasteiger partial charge in [-0.2, -0.15) is 0 Å². The zero-order valence-electron chi connectivity index (χ0n) is 10.0. The Morgan fingerprint density at radius 1 is 1.11 bits per heavy atom. The van der Waals surface area contributed by atoms with Gasteiger partial charge in [0.15, 0.2) is 6.29 Å². The van der Waals surface area contributed by atoms with Crippen LogP contribution in [0.25, 0.3) is 10.8 Å². The molecule has 0 N–H and O–H groups in total. The maximum absolute atomic E-state index is 11.1. The first-order valence-corrected chi connectivity index (χ1v) is 6.60. The van der Waals surface area contributed by atoms with Crippen LogP contribution in [0, 0.1) is 0 Å². The number of carbonyl (C=O) groups excluding carboxylic acids is 1. The highest BCUT2D eigenvalue weighted by Gasteiger charge is 2.17. The maximum Gasteiger partial charge on any atom is 0.151 e. The molecular weight excluding hydrogens is 246 g/mol. The summed E-state index contributed by atoms with van der Waals surface area (Å²) in [6.45, 7) is 2.12. The summed E-state index contributed by atoms with van der Waals surface area (Å²) in [5.41, 5.74) is 1.71. The van der Waals surface area contributed by atoms with Crippen molar-refractivity contribution in [3.8, 4) is 0 Å². The van der Waals surface area contributed by atoms with Crippen LogP contribution in [-0.4, -0.2) is 19.4 Å². The normalized spacial score (nSPS) is 15.3. The molecule has 1 heterocycles. The fourth-order valence-corrected chi connectivity index (χ4v) is 2.91. The summed E-state index contributed by atoms with van der Waals surface area (Å²) in [4.78, 5) is 13.5. The summed E-state index contributed by atoms with van der Waals surface area (Å²) in [5, 5.41) is 2.66. The smallest absolute Gasteiger partial charge is 0.151 e. The van der Waals surface area contributed by atoms with E-state index in [4.69, 9.17) is 11.6 Å². The first-order valence-electron chi connectivity index (χ1n) is 6.22. The van der Waals surface area contributed by atoms with Gasteiger partial charge in [0.05, 0.1) is 5.02 Å². The number of nitrogens with zero attached hydrogens (tertiary/aromatic N) is 1. The second kappa shape index (κ2) is 4.62. The number of fused-ring (bicyclic) bond motifs is 1. The monoisotopic (exact) mass is 259 g/mol. The fraction of sp³-hybridized carbons (Fsp3) is 0.267. The summed E-state index contributed by atoms with van der Waals surface area (Å²) in [7, 11) is 0. The van der Waals surface area contributed by atoms with Crippen LogP contribution < -0.4 is 4.90 Å². The van der Waals surface area contributed by atoms with Crippen LogP contribution in [0.1, 0.15) is 23.2 Å². The molecule has 0 aliphatic carbocycles. The first kappa shape index (κ1) is 11.5. The van der Waals surface area contributed by atoms with Gasteiger partial charge in [0, 0.05) is 35.1 Å². The Morgan fingerprint density at radius 3 is 2.44 bits per heavy atom. The number of anilines is 1. The van der Waals surface area contributed by atoms with E-state index in [1.807, 2.05) is 24.3 Å². The summed E-state index contributed by atoms with van der Waals surface area (Å²) in [5.74, 6) is 0. The Labute approximate surface area is 111 Å². The number of hydrogen-bond donors (Lipinski definition) is 0. The third-order valence-electron chi connectivity index (χ3n) is 3.56. The first-order chi connectivity index (χ1) is 8.81. The van der Waals surface area contributed by atoms with Crippen molar-refractivity contribution in [3.05, 3.63) is 40.9 Å². The Bertz CT molecular complexity index is 603. The van der Waals surface area contributed by atoms with E-state index < -0.39 is 0 Å². The molecule has 3 heteroatoms. The Hall–Kier alpha value is -1.54. The van der Waals surface area contributed by atoms with Crippen molar-refractivity contribution in [2.45, 2.75) is 12.8 Å². The van der Waals surface area contributed by atoms with Gasteiger partial charge in [-0.25, -0.2) is 0 Å². The van der Waals surface area contributed by atoms with Crippen molar-refractivity contribution < 1.29 is 4.79 Å². The molecule has 2 aromatic carbocycles. The second-order valence-electron chi connectivity index (χ2n) is 4.66. The maximum atomic E-state index is 11.1. The average Bonchev–Trinajstić information content (AvgIpc) is 2.93. The molecule has 0 saturated carbocycles. The second-order valence-corrected chi connectivity index (χ2v) is 5.03. The van der Waals surface area contributed by atoms with Crippen molar-refractivity contribution in [2.24, 2.45) is 0 Å². The van der Waals surface area contributed by atoms with E-state index in [1.165, 1.54) is 12.8 Å². The summed E-state index contributed by atoms with van der Waals surface area (Å²) < 4.78 is 0. The Morgan fingerprint density at radius 2 is 1.78 bits per heavy atom. The molecule has 0 unspecified atom stereocenters. The van der Waals surface area contributed by atoms with Gasteiger partial charge >= 0.3 is 0 Å². The van der Waals surface area contributed by atoms with Gasteiger partial charge < -0.3 is 4.90 Å². The molecule has 92 valence electrons. The summed E-state index contributed by atoms with van der Waals surface area (Å²) in [6, 6.07) is 9.94. The van der Waals surface area contributed by atoms with Gasteiger partial charge in [-0.05, 0) is 18.9 Å². The van der Waals surface area contributed by atoms with Crippen molar-refractivity contribution in [1.29, 1.82) is 0 Å². The molecule has 0 aromatic heterocycles. The lowest BCUT2D eigenvalue weighted by atomic mass is 10.0. The lowest BCUT2D eigenvalue weighted by Crippen LogP contribution is -2.18. The molecule has 0 atom stereocenters. The molecule has 1 fully saturated rings. The van der Waals surface area contributed by atoms with E-state index in [-0.39, 0.29) is 0 Å². The van der Waals surface area contributed by atoms with Gasteiger partial charge in [0.25, 0.3) is 0 Å². The van der Waals surface area contributed by atoms with Crippen LogP contribution in [0.5, 0.6) is 0 Å². The topological polar surface area (TPSA) is 20.3 Å². The standard InChI is InChI=1S/C15H14ClNO/c16-15-11(10-18)9-14(17-7-3-4-8-17)12-5-1-2-6-13(12)15/h1-2,5-6,9-10H,3-4,7-8H2. The molecule has 2 aromatic rings. The van der Waals surface area contributed by atoms with Crippen LogP contribution in [-0.2, 0) is 0 Å². The lowest BCUT2D eigenvalue weighted by molar-refractivity contribution is 0.112. The van der Waals surface area contributed by atoms with Crippen LogP contribution in [0.2, 0.25) is 5.02 Å². The molecular formula is C15H14ClNO.